The zero-order valence-electron chi connectivity index (χ0n) is 12.6. The minimum atomic E-state index is 0.683. The van der Waals surface area contributed by atoms with Crippen molar-refractivity contribution in [2.75, 3.05) is 6.61 Å². The van der Waals surface area contributed by atoms with E-state index in [1.807, 2.05) is 31.2 Å². The second-order valence-corrected chi connectivity index (χ2v) is 7.36. The van der Waals surface area contributed by atoms with Gasteiger partial charge in [0.25, 0.3) is 5.82 Å². The van der Waals surface area contributed by atoms with Crippen LogP contribution in [0.5, 0.6) is 5.75 Å². The molecule has 4 rings (SSSR count). The number of rotatable bonds is 5. The molecule has 2 heterocycles. The van der Waals surface area contributed by atoms with Crippen LogP contribution in [0.2, 0.25) is 0 Å². The fourth-order valence-corrected chi connectivity index (χ4v) is 4.45. The average Bonchev–Trinajstić information content (AvgIpc) is 3.15. The lowest BCUT2D eigenvalue weighted by molar-refractivity contribution is -0.355. The molecule has 0 saturated carbocycles. The molecule has 23 heavy (non-hydrogen) atoms. The minimum absolute atomic E-state index is 0.683. The third-order valence-electron chi connectivity index (χ3n) is 3.49. The Kier molecular flexibility index (Phi) is 3.93. The van der Waals surface area contributed by atoms with Gasteiger partial charge in [0.1, 0.15) is 11.5 Å². The van der Waals surface area contributed by atoms with E-state index in [9.17, 15) is 0 Å². The number of aromatic amines is 2. The molecule has 4 nitrogen and oxygen atoms in total. The van der Waals surface area contributed by atoms with E-state index < -0.39 is 0 Å². The van der Waals surface area contributed by atoms with Gasteiger partial charge in [-0.3, -0.25) is 0 Å². The molecule has 0 aliphatic heterocycles. The van der Waals surface area contributed by atoms with Gasteiger partial charge in [-0.05, 0) is 37.3 Å². The Morgan fingerprint density at radius 1 is 1.26 bits per heavy atom. The molecule has 0 atom stereocenters. The first kappa shape index (κ1) is 14.5. The first-order valence-electron chi connectivity index (χ1n) is 7.47. The van der Waals surface area contributed by atoms with Crippen LogP contribution in [0.3, 0.4) is 0 Å². The van der Waals surface area contributed by atoms with Gasteiger partial charge in [0, 0.05) is 0 Å². The summed E-state index contributed by atoms with van der Waals surface area (Å²) in [5.41, 5.74) is 3.30. The van der Waals surface area contributed by atoms with E-state index in [1.165, 1.54) is 4.70 Å². The molecule has 0 unspecified atom stereocenters. The van der Waals surface area contributed by atoms with E-state index in [1.54, 1.807) is 23.1 Å². The van der Waals surface area contributed by atoms with Gasteiger partial charge >= 0.3 is 0 Å². The average molecular weight is 342 g/mol. The fraction of sp³-hybridized carbons (Fsp3) is 0.176. The lowest BCUT2D eigenvalue weighted by atomic mass is 10.3. The highest BCUT2D eigenvalue weighted by atomic mass is 32.2. The monoisotopic (exact) mass is 342 g/mol. The van der Waals surface area contributed by atoms with Gasteiger partial charge < -0.3 is 4.74 Å². The second kappa shape index (κ2) is 6.22. The number of nitrogens with one attached hydrogen (secondary N) is 2. The summed E-state index contributed by atoms with van der Waals surface area (Å²) in [6, 6.07) is 14.3. The summed E-state index contributed by atoms with van der Waals surface area (Å²) in [4.78, 5) is 11.5. The molecule has 0 radical (unpaired) electrons. The van der Waals surface area contributed by atoms with Crippen LogP contribution < -0.4 is 9.72 Å². The van der Waals surface area contributed by atoms with Crippen molar-refractivity contribution in [1.82, 2.24) is 9.97 Å². The van der Waals surface area contributed by atoms with Crippen molar-refractivity contribution in [3.63, 3.8) is 0 Å². The summed E-state index contributed by atoms with van der Waals surface area (Å²) in [6.07, 6.45) is 0. The normalized spacial score (nSPS) is 11.3. The highest BCUT2D eigenvalue weighted by molar-refractivity contribution is 8.00. The number of aromatic nitrogens is 3. The smallest absolute Gasteiger partial charge is 0.263 e. The van der Waals surface area contributed by atoms with Crippen molar-refractivity contribution >= 4 is 44.3 Å². The predicted molar refractivity (Wildman–Crippen MR) is 95.2 cm³/mol. The molecule has 2 N–H and O–H groups in total. The molecule has 0 spiro atoms. The highest BCUT2D eigenvalue weighted by Gasteiger charge is 2.12. The number of benzene rings is 2. The van der Waals surface area contributed by atoms with Crippen molar-refractivity contribution in [3.8, 4) is 5.75 Å². The molecule has 2 aromatic carbocycles. The molecule has 0 saturated heterocycles. The maximum Gasteiger partial charge on any atom is 0.263 e. The first-order chi connectivity index (χ1) is 11.3. The summed E-state index contributed by atoms with van der Waals surface area (Å²) >= 11 is 3.45. The third kappa shape index (κ3) is 3.04. The number of imidazole rings is 1. The van der Waals surface area contributed by atoms with E-state index in [-0.39, 0.29) is 0 Å². The minimum Gasteiger partial charge on any atom is -0.494 e. The zero-order valence-corrected chi connectivity index (χ0v) is 14.3. The predicted octanol–water partition coefficient (Wildman–Crippen LogP) is 4.28. The largest absolute Gasteiger partial charge is 0.494 e. The fourth-order valence-electron chi connectivity index (χ4n) is 2.47. The number of thiazole rings is 1. The van der Waals surface area contributed by atoms with E-state index in [2.05, 4.69) is 33.2 Å². The van der Waals surface area contributed by atoms with Crippen LogP contribution in [0.1, 0.15) is 12.7 Å². The molecule has 0 bridgehead atoms. The summed E-state index contributed by atoms with van der Waals surface area (Å²) in [6.45, 7) is 2.68. The number of fused-ring (bicyclic) bond motifs is 2. The first-order valence-corrected chi connectivity index (χ1v) is 9.27. The molecule has 116 valence electrons. The molecule has 0 aliphatic rings. The van der Waals surface area contributed by atoms with Gasteiger partial charge in [-0.15, -0.1) is 11.3 Å². The van der Waals surface area contributed by atoms with E-state index in [0.717, 1.165) is 38.2 Å². The number of nitrogens with zero attached hydrogens (tertiary/aromatic N) is 1. The number of para-hydroxylation sites is 2. The Bertz CT molecular complexity index is 928. The number of thioether (sulfide) groups is 1. The van der Waals surface area contributed by atoms with Crippen LogP contribution in [0.15, 0.2) is 46.8 Å². The van der Waals surface area contributed by atoms with E-state index in [0.29, 0.717) is 6.61 Å². The van der Waals surface area contributed by atoms with Gasteiger partial charge in [0.2, 0.25) is 0 Å². The SMILES string of the molecule is CCOc1ccc2nc(SCc3[nH]c4ccccc4[nH+]3)sc2c1. The van der Waals surface area contributed by atoms with Crippen molar-refractivity contribution in [1.29, 1.82) is 0 Å². The Balaban J connectivity index is 1.52. The Hall–Kier alpha value is -2.05. The summed E-state index contributed by atoms with van der Waals surface area (Å²) in [5.74, 6) is 2.85. The van der Waals surface area contributed by atoms with E-state index >= 15 is 0 Å². The highest BCUT2D eigenvalue weighted by Crippen LogP contribution is 2.33. The molecule has 0 amide bonds. The third-order valence-corrected chi connectivity index (χ3v) is 5.68. The van der Waals surface area contributed by atoms with Crippen LogP contribution in [-0.2, 0) is 5.75 Å². The Morgan fingerprint density at radius 2 is 2.17 bits per heavy atom. The number of hydrogen-bond acceptors (Lipinski definition) is 4. The van der Waals surface area contributed by atoms with Gasteiger partial charge in [-0.1, -0.05) is 23.9 Å². The van der Waals surface area contributed by atoms with Crippen LogP contribution in [0.25, 0.3) is 21.3 Å². The topological polar surface area (TPSA) is 52.0 Å². The van der Waals surface area contributed by atoms with Crippen molar-refractivity contribution < 1.29 is 9.72 Å². The molecule has 4 aromatic rings. The van der Waals surface area contributed by atoms with Crippen molar-refractivity contribution in [2.24, 2.45) is 0 Å². The van der Waals surface area contributed by atoms with E-state index in [4.69, 9.17) is 4.74 Å². The molecular formula is C17H16N3OS2+. The van der Waals surface area contributed by atoms with Crippen LogP contribution in [-0.4, -0.2) is 16.6 Å². The number of H-pyrrole nitrogens is 2. The van der Waals surface area contributed by atoms with Crippen molar-refractivity contribution in [2.45, 2.75) is 17.0 Å². The van der Waals surface area contributed by atoms with Crippen LogP contribution >= 0.6 is 23.1 Å². The van der Waals surface area contributed by atoms with Gasteiger partial charge in [-0.25, -0.2) is 15.0 Å². The standard InChI is InChI=1S/C17H15N3OS2/c1-2-21-11-7-8-14-15(9-11)23-17(20-14)22-10-16-18-12-5-3-4-6-13(12)19-16/h3-9H,2,10H2,1H3,(H,18,19)/p+1. The summed E-state index contributed by atoms with van der Waals surface area (Å²) < 4.78 is 7.78. The lowest BCUT2D eigenvalue weighted by Gasteiger charge is -2.00. The Morgan fingerprint density at radius 3 is 3.04 bits per heavy atom. The van der Waals surface area contributed by atoms with Crippen LogP contribution in [0.4, 0.5) is 0 Å². The summed E-state index contributed by atoms with van der Waals surface area (Å²) in [7, 11) is 0. The second-order valence-electron chi connectivity index (χ2n) is 5.11. The lowest BCUT2D eigenvalue weighted by Crippen LogP contribution is -2.05. The van der Waals surface area contributed by atoms with Crippen LogP contribution in [0, 0.1) is 0 Å². The number of hydrogen-bond donors (Lipinski definition) is 1. The Labute approximate surface area is 141 Å². The van der Waals surface area contributed by atoms with Gasteiger partial charge in [0.05, 0.1) is 16.8 Å². The number of ether oxygens (including phenoxy) is 1. The maximum absolute atomic E-state index is 5.55. The molecule has 0 aliphatic carbocycles. The maximum atomic E-state index is 5.55. The quantitative estimate of drug-likeness (QED) is 0.551. The molecule has 2 aromatic heterocycles. The van der Waals surface area contributed by atoms with Crippen molar-refractivity contribution in [3.05, 3.63) is 48.3 Å². The van der Waals surface area contributed by atoms with Gasteiger partial charge in [0.15, 0.2) is 15.4 Å². The zero-order chi connectivity index (χ0) is 15.6. The molecule has 0 fully saturated rings. The van der Waals surface area contributed by atoms with Gasteiger partial charge in [-0.2, -0.15) is 0 Å². The molecule has 6 heteroatoms. The summed E-state index contributed by atoms with van der Waals surface area (Å²) in [5, 5.41) is 0. The molecular weight excluding hydrogens is 326 g/mol.